The van der Waals surface area contributed by atoms with Crippen molar-refractivity contribution in [2.24, 2.45) is 0 Å². The summed E-state index contributed by atoms with van der Waals surface area (Å²) in [6, 6.07) is 2.28. The van der Waals surface area contributed by atoms with Crippen molar-refractivity contribution in [1.29, 1.82) is 0 Å². The molecule has 1 aliphatic heterocycles. The maximum atomic E-state index is 12.8. The van der Waals surface area contributed by atoms with Crippen LogP contribution in [0.25, 0.3) is 0 Å². The zero-order chi connectivity index (χ0) is 14.3. The number of hydrogen-bond donors (Lipinski definition) is 2. The molecule has 0 bridgehead atoms. The zero-order valence-corrected chi connectivity index (χ0v) is 10.8. The lowest BCUT2D eigenvalue weighted by molar-refractivity contribution is -0.138. The molecule has 2 rings (SSSR count). The third-order valence-electron chi connectivity index (χ3n) is 3.60. The van der Waals surface area contributed by atoms with Gasteiger partial charge in [0, 0.05) is 11.1 Å². The molecule has 1 fully saturated rings. The summed E-state index contributed by atoms with van der Waals surface area (Å²) in [6.07, 6.45) is -2.88. The Hall–Kier alpha value is -1.43. The molecule has 0 radical (unpaired) electrons. The number of hydrogen-bond acceptors (Lipinski definition) is 3. The van der Waals surface area contributed by atoms with Gasteiger partial charge in [0.05, 0.1) is 7.11 Å². The van der Waals surface area contributed by atoms with Gasteiger partial charge < -0.3 is 15.2 Å². The summed E-state index contributed by atoms with van der Waals surface area (Å²) in [5.41, 5.74) is -1.03. The fourth-order valence-corrected chi connectivity index (χ4v) is 2.57. The minimum absolute atomic E-state index is 0.436. The van der Waals surface area contributed by atoms with Crippen LogP contribution in [-0.2, 0) is 11.7 Å². The fourth-order valence-electron chi connectivity index (χ4n) is 2.57. The van der Waals surface area contributed by atoms with E-state index < -0.39 is 28.8 Å². The summed E-state index contributed by atoms with van der Waals surface area (Å²) in [5, 5.41) is 13.3. The van der Waals surface area contributed by atoms with Crippen molar-refractivity contribution >= 4 is 0 Å². The number of halogens is 3. The third kappa shape index (κ3) is 2.36. The number of phenolic OH excluding ortho intramolecular Hbond substituents is 1. The van der Waals surface area contributed by atoms with Crippen LogP contribution in [0.3, 0.4) is 0 Å². The van der Waals surface area contributed by atoms with E-state index in [0.717, 1.165) is 32.6 Å². The van der Waals surface area contributed by atoms with Crippen LogP contribution in [0.1, 0.15) is 30.9 Å². The van der Waals surface area contributed by atoms with E-state index in [1.54, 1.807) is 0 Å². The average molecular weight is 275 g/mol. The molecule has 0 aliphatic carbocycles. The highest BCUT2D eigenvalue weighted by atomic mass is 19.4. The molecule has 106 valence electrons. The molecule has 6 heteroatoms. The minimum atomic E-state index is -4.55. The molecule has 1 heterocycles. The minimum Gasteiger partial charge on any atom is -0.504 e. The Kier molecular flexibility index (Phi) is 3.38. The van der Waals surface area contributed by atoms with E-state index >= 15 is 0 Å². The number of rotatable bonds is 2. The van der Waals surface area contributed by atoms with Crippen molar-refractivity contribution in [3.05, 3.63) is 23.3 Å². The van der Waals surface area contributed by atoms with Crippen molar-refractivity contribution in [3.8, 4) is 11.5 Å². The van der Waals surface area contributed by atoms with Crippen LogP contribution in [0.4, 0.5) is 13.2 Å². The van der Waals surface area contributed by atoms with Crippen molar-refractivity contribution in [1.82, 2.24) is 5.32 Å². The number of phenols is 1. The highest BCUT2D eigenvalue weighted by Crippen LogP contribution is 2.46. The highest BCUT2D eigenvalue weighted by Gasteiger charge is 2.39. The Morgan fingerprint density at radius 2 is 2.05 bits per heavy atom. The molecule has 1 atom stereocenters. The lowest BCUT2D eigenvalue weighted by atomic mass is 9.88. The van der Waals surface area contributed by atoms with Crippen molar-refractivity contribution in [3.63, 3.8) is 0 Å². The van der Waals surface area contributed by atoms with Gasteiger partial charge in [0.15, 0.2) is 11.5 Å². The average Bonchev–Trinajstić information content (AvgIpc) is 2.75. The number of methoxy groups -OCH3 is 1. The van der Waals surface area contributed by atoms with Crippen LogP contribution in [0.2, 0.25) is 0 Å². The summed E-state index contributed by atoms with van der Waals surface area (Å²) in [7, 11) is 1.12. The first-order valence-electron chi connectivity index (χ1n) is 6.02. The number of nitrogens with one attached hydrogen (secondary N) is 1. The second-order valence-corrected chi connectivity index (χ2v) is 4.90. The van der Waals surface area contributed by atoms with E-state index in [9.17, 15) is 18.3 Å². The molecular formula is C13H16F3NO2. The summed E-state index contributed by atoms with van der Waals surface area (Å²) in [5.74, 6) is -0.950. The molecule has 0 aromatic heterocycles. The molecular weight excluding hydrogens is 259 g/mol. The second-order valence-electron chi connectivity index (χ2n) is 4.90. The molecule has 3 nitrogen and oxygen atoms in total. The van der Waals surface area contributed by atoms with Crippen molar-refractivity contribution in [2.75, 3.05) is 13.7 Å². The molecule has 1 saturated heterocycles. The fraction of sp³-hybridized carbons (Fsp3) is 0.538. The topological polar surface area (TPSA) is 41.5 Å². The Morgan fingerprint density at radius 1 is 1.37 bits per heavy atom. The summed E-state index contributed by atoms with van der Waals surface area (Å²) < 4.78 is 43.2. The predicted octanol–water partition coefficient (Wildman–Crippen LogP) is 3.02. The Bertz CT molecular complexity index is 480. The van der Waals surface area contributed by atoms with Gasteiger partial charge in [-0.3, -0.25) is 0 Å². The molecule has 2 N–H and O–H groups in total. The first-order chi connectivity index (χ1) is 8.79. The number of aromatic hydroxyl groups is 1. The third-order valence-corrected chi connectivity index (χ3v) is 3.60. The van der Waals surface area contributed by atoms with Crippen LogP contribution in [0.15, 0.2) is 12.1 Å². The van der Waals surface area contributed by atoms with E-state index in [4.69, 9.17) is 4.74 Å². The lowest BCUT2D eigenvalue weighted by Crippen LogP contribution is -2.33. The second kappa shape index (κ2) is 4.59. The lowest BCUT2D eigenvalue weighted by Gasteiger charge is -2.27. The first kappa shape index (κ1) is 14.0. The van der Waals surface area contributed by atoms with Gasteiger partial charge in [-0.15, -0.1) is 0 Å². The molecule has 19 heavy (non-hydrogen) atoms. The van der Waals surface area contributed by atoms with Gasteiger partial charge in [-0.1, -0.05) is 6.07 Å². The zero-order valence-electron chi connectivity index (χ0n) is 10.8. The van der Waals surface area contributed by atoms with Crippen molar-refractivity contribution in [2.45, 2.75) is 31.5 Å². The standard InChI is InChI=1S/C13H16F3NO2/c1-12(6-3-7-17-12)8-4-5-9(13(14,15)16)11(19-2)10(8)18/h4-5,17-18H,3,6-7H2,1-2H3. The number of ether oxygens (including phenoxy) is 1. The quantitative estimate of drug-likeness (QED) is 0.871. The van der Waals surface area contributed by atoms with Crippen LogP contribution < -0.4 is 10.1 Å². The summed E-state index contributed by atoms with van der Waals surface area (Å²) in [6.45, 7) is 2.64. The monoisotopic (exact) mass is 275 g/mol. The number of benzene rings is 1. The molecule has 1 aromatic rings. The molecule has 1 aromatic carbocycles. The normalized spacial score (nSPS) is 23.6. The summed E-state index contributed by atoms with van der Waals surface area (Å²) >= 11 is 0. The Balaban J connectivity index is 2.55. The Morgan fingerprint density at radius 3 is 2.53 bits per heavy atom. The van der Waals surface area contributed by atoms with Crippen LogP contribution in [0, 0.1) is 0 Å². The van der Waals surface area contributed by atoms with E-state index in [1.165, 1.54) is 6.07 Å². The predicted molar refractivity (Wildman–Crippen MR) is 64.2 cm³/mol. The molecule has 1 aliphatic rings. The van der Waals surface area contributed by atoms with Gasteiger partial charge in [-0.25, -0.2) is 0 Å². The van der Waals surface area contributed by atoms with E-state index in [2.05, 4.69) is 5.32 Å². The summed E-state index contributed by atoms with van der Waals surface area (Å²) in [4.78, 5) is 0. The number of alkyl halides is 3. The van der Waals surface area contributed by atoms with Gasteiger partial charge in [0.1, 0.15) is 5.56 Å². The van der Waals surface area contributed by atoms with Gasteiger partial charge in [-0.2, -0.15) is 13.2 Å². The first-order valence-corrected chi connectivity index (χ1v) is 6.02. The molecule has 0 saturated carbocycles. The van der Waals surface area contributed by atoms with Gasteiger partial charge in [0.2, 0.25) is 0 Å². The maximum Gasteiger partial charge on any atom is 0.420 e. The largest absolute Gasteiger partial charge is 0.504 e. The smallest absolute Gasteiger partial charge is 0.420 e. The van der Waals surface area contributed by atoms with Crippen LogP contribution in [0.5, 0.6) is 11.5 Å². The Labute approximate surface area is 109 Å². The van der Waals surface area contributed by atoms with Gasteiger partial charge in [0.25, 0.3) is 0 Å². The molecule has 0 spiro atoms. The van der Waals surface area contributed by atoms with E-state index in [0.29, 0.717) is 5.56 Å². The van der Waals surface area contributed by atoms with Crippen LogP contribution in [-0.4, -0.2) is 18.8 Å². The van der Waals surface area contributed by atoms with Crippen LogP contribution >= 0.6 is 0 Å². The molecule has 1 unspecified atom stereocenters. The highest BCUT2D eigenvalue weighted by molar-refractivity contribution is 5.54. The van der Waals surface area contributed by atoms with E-state index in [-0.39, 0.29) is 0 Å². The van der Waals surface area contributed by atoms with Gasteiger partial charge >= 0.3 is 6.18 Å². The van der Waals surface area contributed by atoms with Gasteiger partial charge in [-0.05, 0) is 32.4 Å². The molecule has 0 amide bonds. The van der Waals surface area contributed by atoms with Crippen molar-refractivity contribution < 1.29 is 23.0 Å². The van der Waals surface area contributed by atoms with E-state index in [1.807, 2.05) is 6.92 Å². The SMILES string of the molecule is COc1c(C(F)(F)F)ccc(C2(C)CCCN2)c1O. The maximum absolute atomic E-state index is 12.8.